The first-order valence-corrected chi connectivity index (χ1v) is 9.13. The van der Waals surface area contributed by atoms with Crippen LogP contribution in [0, 0.1) is 5.92 Å². The summed E-state index contributed by atoms with van der Waals surface area (Å²) in [7, 11) is 0. The summed E-state index contributed by atoms with van der Waals surface area (Å²) in [6.07, 6.45) is 4.57. The van der Waals surface area contributed by atoms with Crippen molar-refractivity contribution in [3.05, 3.63) is 48.2 Å². The van der Waals surface area contributed by atoms with Gasteiger partial charge in [0.15, 0.2) is 5.17 Å². The van der Waals surface area contributed by atoms with Crippen LogP contribution in [0.5, 0.6) is 0 Å². The minimum absolute atomic E-state index is 0.0127. The lowest BCUT2D eigenvalue weighted by atomic mass is 9.98. The average Bonchev–Trinajstić information content (AvgIpc) is 3.24. The van der Waals surface area contributed by atoms with Crippen molar-refractivity contribution < 1.29 is 9.94 Å². The van der Waals surface area contributed by atoms with Gasteiger partial charge in [0.1, 0.15) is 17.9 Å². The predicted molar refractivity (Wildman–Crippen MR) is 98.8 cm³/mol. The topological polar surface area (TPSA) is 66.2 Å². The highest BCUT2D eigenvalue weighted by Gasteiger charge is 2.41. The van der Waals surface area contributed by atoms with Crippen LogP contribution < -0.4 is 5.32 Å². The Labute approximate surface area is 146 Å². The van der Waals surface area contributed by atoms with E-state index in [9.17, 15) is 5.21 Å². The smallest absolute Gasteiger partial charge is 0.157 e. The quantitative estimate of drug-likeness (QED) is 0.488. The Kier molecular flexibility index (Phi) is 5.45. The SMILES string of the molecule is CC(C)CNC1=NC(C2CC=CO2)C(/C(=N/O)c2ccccc2)S1. The van der Waals surface area contributed by atoms with E-state index in [-0.39, 0.29) is 17.4 Å². The zero-order valence-corrected chi connectivity index (χ0v) is 14.7. The van der Waals surface area contributed by atoms with Crippen LogP contribution in [0.3, 0.4) is 0 Å². The molecule has 2 heterocycles. The zero-order chi connectivity index (χ0) is 16.9. The largest absolute Gasteiger partial charge is 0.496 e. The summed E-state index contributed by atoms with van der Waals surface area (Å²) in [5.41, 5.74) is 1.56. The molecule has 0 amide bonds. The highest BCUT2D eigenvalue weighted by atomic mass is 32.2. The number of rotatable bonds is 5. The summed E-state index contributed by atoms with van der Waals surface area (Å²) in [5.74, 6) is 0.537. The van der Waals surface area contributed by atoms with E-state index in [1.807, 2.05) is 36.4 Å². The van der Waals surface area contributed by atoms with Crippen LogP contribution in [0.2, 0.25) is 0 Å². The molecule has 128 valence electrons. The van der Waals surface area contributed by atoms with Crippen LogP contribution in [-0.2, 0) is 4.74 Å². The van der Waals surface area contributed by atoms with Gasteiger partial charge in [0.2, 0.25) is 0 Å². The van der Waals surface area contributed by atoms with Crippen LogP contribution in [-0.4, -0.2) is 40.0 Å². The molecular formula is C18H23N3O2S. The van der Waals surface area contributed by atoms with Gasteiger partial charge in [0.05, 0.1) is 11.5 Å². The van der Waals surface area contributed by atoms with E-state index < -0.39 is 0 Å². The number of ether oxygens (including phenoxy) is 1. The molecule has 3 unspecified atom stereocenters. The molecule has 3 rings (SSSR count). The summed E-state index contributed by atoms with van der Waals surface area (Å²) in [5, 5.41) is 17.5. The normalized spacial score (nSPS) is 26.5. The second-order valence-electron chi connectivity index (χ2n) is 6.37. The van der Waals surface area contributed by atoms with E-state index in [0.717, 1.165) is 23.7 Å². The molecule has 1 aromatic rings. The number of hydrogen-bond acceptors (Lipinski definition) is 6. The van der Waals surface area contributed by atoms with Crippen LogP contribution in [0.25, 0.3) is 0 Å². The molecule has 0 aliphatic carbocycles. The lowest BCUT2D eigenvalue weighted by Crippen LogP contribution is -2.36. The molecule has 2 aliphatic rings. The molecule has 0 spiro atoms. The van der Waals surface area contributed by atoms with Gasteiger partial charge in [0.25, 0.3) is 0 Å². The fourth-order valence-electron chi connectivity index (χ4n) is 2.81. The Hall–Kier alpha value is -1.95. The number of benzene rings is 1. The number of thioether (sulfide) groups is 1. The molecule has 0 saturated carbocycles. The highest BCUT2D eigenvalue weighted by molar-refractivity contribution is 8.15. The molecule has 2 N–H and O–H groups in total. The Morgan fingerprint density at radius 3 is 2.83 bits per heavy atom. The Morgan fingerprint density at radius 2 is 2.21 bits per heavy atom. The van der Waals surface area contributed by atoms with Gasteiger partial charge in [-0.05, 0) is 12.0 Å². The molecule has 0 fully saturated rings. The number of oxime groups is 1. The van der Waals surface area contributed by atoms with Gasteiger partial charge in [-0.3, -0.25) is 4.99 Å². The number of amidine groups is 1. The highest BCUT2D eigenvalue weighted by Crippen LogP contribution is 2.34. The second kappa shape index (κ2) is 7.75. The lowest BCUT2D eigenvalue weighted by Gasteiger charge is -2.23. The first-order valence-electron chi connectivity index (χ1n) is 8.25. The zero-order valence-electron chi connectivity index (χ0n) is 13.9. The Balaban J connectivity index is 1.82. The molecule has 5 nitrogen and oxygen atoms in total. The van der Waals surface area contributed by atoms with E-state index in [1.165, 1.54) is 0 Å². The van der Waals surface area contributed by atoms with Gasteiger partial charge in [-0.2, -0.15) is 0 Å². The molecule has 0 aromatic heterocycles. The van der Waals surface area contributed by atoms with Crippen molar-refractivity contribution in [3.63, 3.8) is 0 Å². The van der Waals surface area contributed by atoms with Gasteiger partial charge in [-0.1, -0.05) is 61.1 Å². The van der Waals surface area contributed by atoms with Crippen molar-refractivity contribution in [1.29, 1.82) is 0 Å². The van der Waals surface area contributed by atoms with Gasteiger partial charge >= 0.3 is 0 Å². The second-order valence-corrected chi connectivity index (χ2v) is 7.50. The minimum atomic E-state index is -0.0780. The van der Waals surface area contributed by atoms with E-state index in [2.05, 4.69) is 24.3 Å². The molecular weight excluding hydrogens is 322 g/mol. The third-order valence-electron chi connectivity index (χ3n) is 4.02. The number of aliphatic imine (C=N–C) groups is 1. The fraction of sp³-hybridized carbons (Fsp3) is 0.444. The molecule has 0 bridgehead atoms. The summed E-state index contributed by atoms with van der Waals surface area (Å²) in [4.78, 5) is 4.83. The maximum Gasteiger partial charge on any atom is 0.157 e. The van der Waals surface area contributed by atoms with Crippen molar-refractivity contribution >= 4 is 22.6 Å². The minimum Gasteiger partial charge on any atom is -0.496 e. The average molecular weight is 345 g/mol. The van der Waals surface area contributed by atoms with Crippen LogP contribution in [0.1, 0.15) is 25.8 Å². The summed E-state index contributed by atoms with van der Waals surface area (Å²) < 4.78 is 5.71. The number of nitrogens with zero attached hydrogens (tertiary/aromatic N) is 2. The predicted octanol–water partition coefficient (Wildman–Crippen LogP) is 3.25. The summed E-state index contributed by atoms with van der Waals surface area (Å²) in [6, 6.07) is 9.68. The van der Waals surface area contributed by atoms with Crippen molar-refractivity contribution in [1.82, 2.24) is 5.32 Å². The van der Waals surface area contributed by atoms with Gasteiger partial charge in [0, 0.05) is 18.5 Å². The van der Waals surface area contributed by atoms with Gasteiger partial charge in [-0.15, -0.1) is 0 Å². The van der Waals surface area contributed by atoms with Gasteiger partial charge < -0.3 is 15.3 Å². The maximum atomic E-state index is 9.65. The van der Waals surface area contributed by atoms with Crippen LogP contribution in [0.4, 0.5) is 0 Å². The fourth-order valence-corrected chi connectivity index (χ4v) is 4.07. The molecule has 0 radical (unpaired) electrons. The van der Waals surface area contributed by atoms with Crippen molar-refractivity contribution in [2.24, 2.45) is 16.1 Å². The van der Waals surface area contributed by atoms with Crippen molar-refractivity contribution in [2.75, 3.05) is 6.54 Å². The van der Waals surface area contributed by atoms with E-state index in [4.69, 9.17) is 9.73 Å². The molecule has 2 aliphatic heterocycles. The lowest BCUT2D eigenvalue weighted by molar-refractivity contribution is 0.147. The molecule has 24 heavy (non-hydrogen) atoms. The van der Waals surface area contributed by atoms with E-state index in [0.29, 0.717) is 11.6 Å². The van der Waals surface area contributed by atoms with Crippen LogP contribution in [0.15, 0.2) is 52.8 Å². The first-order chi connectivity index (χ1) is 11.7. The van der Waals surface area contributed by atoms with Gasteiger partial charge in [-0.25, -0.2) is 0 Å². The molecule has 6 heteroatoms. The Bertz CT molecular complexity index is 635. The molecule has 0 saturated heterocycles. The van der Waals surface area contributed by atoms with E-state index >= 15 is 0 Å². The number of nitrogens with one attached hydrogen (secondary N) is 1. The molecule has 3 atom stereocenters. The Morgan fingerprint density at radius 1 is 1.42 bits per heavy atom. The summed E-state index contributed by atoms with van der Waals surface area (Å²) in [6.45, 7) is 5.19. The molecule has 1 aromatic carbocycles. The van der Waals surface area contributed by atoms with Crippen molar-refractivity contribution in [3.8, 4) is 0 Å². The monoisotopic (exact) mass is 345 g/mol. The number of hydrogen-bond donors (Lipinski definition) is 2. The third-order valence-corrected chi connectivity index (χ3v) is 5.25. The first kappa shape index (κ1) is 16.9. The van der Waals surface area contributed by atoms with Crippen LogP contribution >= 0.6 is 11.8 Å². The standard InChI is InChI=1S/C18H23N3O2S/c1-12(2)11-19-18-20-16(14-9-6-10-23-14)17(24-18)15(21-22)13-7-4-3-5-8-13/h3-8,10,12,14,16-17,22H,9,11H2,1-2H3,(H,19,20)/b21-15+. The van der Waals surface area contributed by atoms with Crippen molar-refractivity contribution in [2.45, 2.75) is 37.7 Å². The third kappa shape index (κ3) is 3.75. The summed E-state index contributed by atoms with van der Waals surface area (Å²) >= 11 is 1.62. The maximum absolute atomic E-state index is 9.65. The van der Waals surface area contributed by atoms with E-state index in [1.54, 1.807) is 18.0 Å².